The molecule has 4 nitrogen and oxygen atoms in total. The minimum Gasteiger partial charge on any atom is -0.295 e. The van der Waals surface area contributed by atoms with E-state index >= 15 is 0 Å². The van der Waals surface area contributed by atoms with Crippen molar-refractivity contribution in [1.29, 1.82) is 0 Å². The topological polar surface area (TPSA) is 49.0 Å². The average Bonchev–Trinajstić information content (AvgIpc) is 2.89. The number of aromatic amines is 1. The molecule has 1 saturated heterocycles. The minimum atomic E-state index is 0.138. The lowest BCUT2D eigenvalue weighted by Crippen LogP contribution is -2.24. The minimum absolute atomic E-state index is 0.138. The second-order valence-electron chi connectivity index (χ2n) is 4.68. The number of carbonyl (C=O) groups is 1. The summed E-state index contributed by atoms with van der Waals surface area (Å²) in [6.07, 6.45) is 3.02. The third kappa shape index (κ3) is 1.71. The summed E-state index contributed by atoms with van der Waals surface area (Å²) in [5.41, 5.74) is 1.16. The Morgan fingerprint density at radius 1 is 1.56 bits per heavy atom. The van der Waals surface area contributed by atoms with Crippen LogP contribution in [0.2, 0.25) is 0 Å². The molecule has 1 atom stereocenters. The first kappa shape index (κ1) is 10.1. The molecule has 1 saturated carbocycles. The molecular weight excluding hydrogens is 226 g/mol. The fourth-order valence-corrected chi connectivity index (χ4v) is 2.38. The van der Waals surface area contributed by atoms with E-state index in [0.29, 0.717) is 24.8 Å². The van der Waals surface area contributed by atoms with Gasteiger partial charge in [0.1, 0.15) is 0 Å². The SMILES string of the molecule is O=C1CC(CCl)CN1c1cc(C2CC2)[nH]n1. The van der Waals surface area contributed by atoms with Crippen molar-refractivity contribution in [1.82, 2.24) is 10.2 Å². The normalized spacial score (nSPS) is 25.4. The lowest BCUT2D eigenvalue weighted by molar-refractivity contribution is -0.117. The number of hydrogen-bond donors (Lipinski definition) is 1. The molecule has 5 heteroatoms. The van der Waals surface area contributed by atoms with Gasteiger partial charge < -0.3 is 0 Å². The van der Waals surface area contributed by atoms with Gasteiger partial charge >= 0.3 is 0 Å². The maximum Gasteiger partial charge on any atom is 0.228 e. The number of H-pyrrole nitrogens is 1. The average molecular weight is 240 g/mol. The third-order valence-corrected chi connectivity index (χ3v) is 3.74. The van der Waals surface area contributed by atoms with E-state index < -0.39 is 0 Å². The van der Waals surface area contributed by atoms with E-state index in [1.807, 2.05) is 6.07 Å². The number of nitrogens with one attached hydrogen (secondary N) is 1. The van der Waals surface area contributed by atoms with Crippen LogP contribution in [-0.2, 0) is 4.79 Å². The highest BCUT2D eigenvalue weighted by Crippen LogP contribution is 2.40. The van der Waals surface area contributed by atoms with Gasteiger partial charge in [-0.3, -0.25) is 14.8 Å². The highest BCUT2D eigenvalue weighted by molar-refractivity contribution is 6.18. The van der Waals surface area contributed by atoms with E-state index in [1.165, 1.54) is 12.8 Å². The molecule has 1 N–H and O–H groups in total. The van der Waals surface area contributed by atoms with Crippen LogP contribution in [0, 0.1) is 5.92 Å². The second-order valence-corrected chi connectivity index (χ2v) is 4.99. The van der Waals surface area contributed by atoms with Gasteiger partial charge in [-0.15, -0.1) is 11.6 Å². The van der Waals surface area contributed by atoms with Crippen LogP contribution in [0.5, 0.6) is 0 Å². The Bertz CT molecular complexity index is 413. The molecule has 1 aliphatic heterocycles. The largest absolute Gasteiger partial charge is 0.295 e. The molecule has 16 heavy (non-hydrogen) atoms. The maximum atomic E-state index is 11.8. The lowest BCUT2D eigenvalue weighted by atomic mass is 10.1. The van der Waals surface area contributed by atoms with Gasteiger partial charge in [0, 0.05) is 36.5 Å². The van der Waals surface area contributed by atoms with Gasteiger partial charge in [0.05, 0.1) is 0 Å². The standard InChI is InChI=1S/C11H14ClN3O/c12-5-7-3-11(16)15(6-7)10-4-9(13-14-10)8-1-2-8/h4,7-8H,1-3,5-6H2,(H,13,14). The van der Waals surface area contributed by atoms with Gasteiger partial charge in [-0.2, -0.15) is 5.10 Å². The number of aromatic nitrogens is 2. The highest BCUT2D eigenvalue weighted by atomic mass is 35.5. The highest BCUT2D eigenvalue weighted by Gasteiger charge is 2.33. The van der Waals surface area contributed by atoms with Gasteiger partial charge in [0.15, 0.2) is 5.82 Å². The van der Waals surface area contributed by atoms with Crippen LogP contribution in [0.25, 0.3) is 0 Å². The third-order valence-electron chi connectivity index (χ3n) is 3.30. The zero-order valence-electron chi connectivity index (χ0n) is 8.95. The van der Waals surface area contributed by atoms with E-state index in [-0.39, 0.29) is 11.8 Å². The fraction of sp³-hybridized carbons (Fsp3) is 0.636. The summed E-state index contributed by atoms with van der Waals surface area (Å²) in [7, 11) is 0. The van der Waals surface area contributed by atoms with Gasteiger partial charge in [0.2, 0.25) is 5.91 Å². The Morgan fingerprint density at radius 2 is 2.38 bits per heavy atom. The molecule has 1 aliphatic carbocycles. The van der Waals surface area contributed by atoms with Crippen LogP contribution in [0.4, 0.5) is 5.82 Å². The smallest absolute Gasteiger partial charge is 0.228 e. The summed E-state index contributed by atoms with van der Waals surface area (Å²) >= 11 is 5.78. The quantitative estimate of drug-likeness (QED) is 0.819. The summed E-state index contributed by atoms with van der Waals surface area (Å²) in [4.78, 5) is 13.5. The Kier molecular flexibility index (Phi) is 2.39. The van der Waals surface area contributed by atoms with Crippen LogP contribution in [0.3, 0.4) is 0 Å². The summed E-state index contributed by atoms with van der Waals surface area (Å²) in [5.74, 6) is 2.36. The first-order chi connectivity index (χ1) is 7.78. The molecule has 1 aromatic heterocycles. The van der Waals surface area contributed by atoms with E-state index in [0.717, 1.165) is 11.5 Å². The number of rotatable bonds is 3. The Balaban J connectivity index is 1.78. The van der Waals surface area contributed by atoms with Crippen LogP contribution in [0.1, 0.15) is 30.9 Å². The molecule has 2 aliphatic rings. The molecule has 0 radical (unpaired) electrons. The molecule has 0 aromatic carbocycles. The van der Waals surface area contributed by atoms with E-state index in [2.05, 4.69) is 10.2 Å². The maximum absolute atomic E-state index is 11.8. The molecule has 1 unspecified atom stereocenters. The molecule has 1 aromatic rings. The van der Waals surface area contributed by atoms with Crippen molar-refractivity contribution >= 4 is 23.3 Å². The fourth-order valence-electron chi connectivity index (χ4n) is 2.17. The van der Waals surface area contributed by atoms with Gasteiger partial charge in [-0.25, -0.2) is 0 Å². The molecule has 0 spiro atoms. The van der Waals surface area contributed by atoms with Gasteiger partial charge in [-0.05, 0) is 18.8 Å². The number of alkyl halides is 1. The van der Waals surface area contributed by atoms with Crippen LogP contribution >= 0.6 is 11.6 Å². The first-order valence-corrected chi connectivity index (χ1v) is 6.23. The molecule has 3 rings (SSSR count). The van der Waals surface area contributed by atoms with Crippen molar-refractivity contribution in [2.24, 2.45) is 5.92 Å². The van der Waals surface area contributed by atoms with Crippen molar-refractivity contribution in [2.75, 3.05) is 17.3 Å². The van der Waals surface area contributed by atoms with E-state index in [4.69, 9.17) is 11.6 Å². The number of anilines is 1. The lowest BCUT2D eigenvalue weighted by Gasteiger charge is -2.11. The Labute approximate surface area is 99.0 Å². The monoisotopic (exact) mass is 239 g/mol. The predicted octanol–water partition coefficient (Wildman–Crippen LogP) is 1.88. The molecule has 1 amide bonds. The molecular formula is C11H14ClN3O. The van der Waals surface area contributed by atoms with Crippen molar-refractivity contribution in [3.8, 4) is 0 Å². The van der Waals surface area contributed by atoms with Gasteiger partial charge in [-0.1, -0.05) is 0 Å². The number of carbonyl (C=O) groups excluding carboxylic acids is 1. The van der Waals surface area contributed by atoms with Crippen LogP contribution < -0.4 is 4.90 Å². The molecule has 0 bridgehead atoms. The van der Waals surface area contributed by atoms with Crippen molar-refractivity contribution in [3.05, 3.63) is 11.8 Å². The molecule has 2 heterocycles. The zero-order valence-corrected chi connectivity index (χ0v) is 9.70. The summed E-state index contributed by atoms with van der Waals surface area (Å²) in [6, 6.07) is 2.01. The second kappa shape index (κ2) is 3.77. The summed E-state index contributed by atoms with van der Waals surface area (Å²) in [5, 5.41) is 7.24. The molecule has 86 valence electrons. The van der Waals surface area contributed by atoms with Crippen LogP contribution in [-0.4, -0.2) is 28.5 Å². The Hall–Kier alpha value is -1.03. The Morgan fingerprint density at radius 3 is 3.00 bits per heavy atom. The zero-order chi connectivity index (χ0) is 11.1. The van der Waals surface area contributed by atoms with Crippen molar-refractivity contribution < 1.29 is 4.79 Å². The summed E-state index contributed by atoms with van der Waals surface area (Å²) < 4.78 is 0. The molecule has 2 fully saturated rings. The first-order valence-electron chi connectivity index (χ1n) is 5.69. The van der Waals surface area contributed by atoms with Crippen molar-refractivity contribution in [2.45, 2.75) is 25.2 Å². The van der Waals surface area contributed by atoms with Gasteiger partial charge in [0.25, 0.3) is 0 Å². The van der Waals surface area contributed by atoms with E-state index in [9.17, 15) is 4.79 Å². The summed E-state index contributed by atoms with van der Waals surface area (Å²) in [6.45, 7) is 0.706. The van der Waals surface area contributed by atoms with Crippen molar-refractivity contribution in [3.63, 3.8) is 0 Å². The van der Waals surface area contributed by atoms with Crippen LogP contribution in [0.15, 0.2) is 6.07 Å². The number of hydrogen-bond acceptors (Lipinski definition) is 2. The number of nitrogens with zero attached hydrogens (tertiary/aromatic N) is 2. The number of halogens is 1. The predicted molar refractivity (Wildman–Crippen MR) is 61.7 cm³/mol. The number of amides is 1. The van der Waals surface area contributed by atoms with E-state index in [1.54, 1.807) is 4.90 Å².